The summed E-state index contributed by atoms with van der Waals surface area (Å²) < 4.78 is 5.05. The van der Waals surface area contributed by atoms with Crippen molar-refractivity contribution in [3.05, 3.63) is 24.2 Å². The summed E-state index contributed by atoms with van der Waals surface area (Å²) in [7, 11) is 0. The summed E-state index contributed by atoms with van der Waals surface area (Å²) >= 11 is 0. The molecule has 0 radical (unpaired) electrons. The summed E-state index contributed by atoms with van der Waals surface area (Å²) in [4.78, 5) is 25.4. The largest absolute Gasteiger partial charge is 0.459 e. The molecule has 1 aliphatic rings. The summed E-state index contributed by atoms with van der Waals surface area (Å²) in [5.74, 6) is 0.136. The molecule has 0 atom stereocenters. The maximum Gasteiger partial charge on any atom is 0.317 e. The van der Waals surface area contributed by atoms with Gasteiger partial charge in [0.2, 0.25) is 0 Å². The fourth-order valence-corrected chi connectivity index (χ4v) is 2.23. The minimum atomic E-state index is -0.191. The number of nitrogens with zero attached hydrogens (tertiary/aromatic N) is 1. The molecule has 3 amide bonds. The van der Waals surface area contributed by atoms with Crippen LogP contribution in [-0.2, 0) is 0 Å². The Hall–Kier alpha value is -1.98. The van der Waals surface area contributed by atoms with Gasteiger partial charge in [0.15, 0.2) is 5.76 Å². The number of carbonyl (C=O) groups excluding carboxylic acids is 2. The van der Waals surface area contributed by atoms with Crippen LogP contribution in [0.4, 0.5) is 4.79 Å². The molecule has 1 saturated heterocycles. The number of hydrogen-bond donors (Lipinski definition) is 2. The highest BCUT2D eigenvalue weighted by Crippen LogP contribution is 2.11. The van der Waals surface area contributed by atoms with Crippen molar-refractivity contribution in [1.29, 1.82) is 0 Å². The molecule has 1 aromatic heterocycles. The van der Waals surface area contributed by atoms with Gasteiger partial charge in [0.05, 0.1) is 6.26 Å². The van der Waals surface area contributed by atoms with Gasteiger partial charge in [0.1, 0.15) is 0 Å². The van der Waals surface area contributed by atoms with Gasteiger partial charge >= 0.3 is 6.03 Å². The predicted octanol–water partition coefficient (Wildman–Crippen LogP) is 1.59. The lowest BCUT2D eigenvalue weighted by atomic mass is 10.1. The molecule has 0 spiro atoms. The van der Waals surface area contributed by atoms with Crippen LogP contribution in [0.5, 0.6) is 0 Å². The molecule has 20 heavy (non-hydrogen) atoms. The number of rotatable bonds is 4. The molecule has 0 unspecified atom stereocenters. The third-order valence-corrected chi connectivity index (χ3v) is 3.39. The van der Waals surface area contributed by atoms with Crippen LogP contribution < -0.4 is 10.6 Å². The SMILES string of the molecule is CCCNC(=O)N1CCC(NC(=O)c2ccco2)CC1. The molecule has 0 aliphatic carbocycles. The second-order valence-corrected chi connectivity index (χ2v) is 4.94. The lowest BCUT2D eigenvalue weighted by Gasteiger charge is -2.32. The van der Waals surface area contributed by atoms with Crippen LogP contribution in [0.25, 0.3) is 0 Å². The molecule has 2 N–H and O–H groups in total. The molecule has 0 saturated carbocycles. The van der Waals surface area contributed by atoms with Crippen LogP contribution in [0.15, 0.2) is 22.8 Å². The van der Waals surface area contributed by atoms with Crippen LogP contribution in [0.3, 0.4) is 0 Å². The van der Waals surface area contributed by atoms with Crippen molar-refractivity contribution in [2.24, 2.45) is 0 Å². The topological polar surface area (TPSA) is 74.6 Å². The van der Waals surface area contributed by atoms with E-state index in [1.807, 2.05) is 6.92 Å². The molecular formula is C14H21N3O3. The molecule has 110 valence electrons. The van der Waals surface area contributed by atoms with Crippen LogP contribution in [0, 0.1) is 0 Å². The number of likely N-dealkylation sites (tertiary alicyclic amines) is 1. The normalized spacial score (nSPS) is 15.9. The maximum absolute atomic E-state index is 11.8. The number of piperidine rings is 1. The van der Waals surface area contributed by atoms with Crippen LogP contribution >= 0.6 is 0 Å². The van der Waals surface area contributed by atoms with Gasteiger partial charge in [0.25, 0.3) is 5.91 Å². The van der Waals surface area contributed by atoms with E-state index in [4.69, 9.17) is 4.42 Å². The molecule has 0 aromatic carbocycles. The van der Waals surface area contributed by atoms with E-state index in [0.717, 1.165) is 19.3 Å². The zero-order valence-electron chi connectivity index (χ0n) is 11.7. The Bertz CT molecular complexity index is 437. The average Bonchev–Trinajstić information content (AvgIpc) is 3.00. The fourth-order valence-electron chi connectivity index (χ4n) is 2.23. The van der Waals surface area contributed by atoms with Crippen molar-refractivity contribution in [1.82, 2.24) is 15.5 Å². The Morgan fingerprint density at radius 2 is 2.15 bits per heavy atom. The smallest absolute Gasteiger partial charge is 0.317 e. The predicted molar refractivity (Wildman–Crippen MR) is 74.5 cm³/mol. The molecule has 1 aromatic rings. The third-order valence-electron chi connectivity index (χ3n) is 3.39. The van der Waals surface area contributed by atoms with Gasteiger partial charge in [-0.15, -0.1) is 0 Å². The van der Waals surface area contributed by atoms with E-state index in [0.29, 0.717) is 25.4 Å². The van der Waals surface area contributed by atoms with Crippen molar-refractivity contribution in [2.75, 3.05) is 19.6 Å². The van der Waals surface area contributed by atoms with Crippen molar-refractivity contribution in [3.8, 4) is 0 Å². The van der Waals surface area contributed by atoms with Crippen LogP contribution in [0.1, 0.15) is 36.7 Å². The Morgan fingerprint density at radius 1 is 1.40 bits per heavy atom. The van der Waals surface area contributed by atoms with Gasteiger partial charge in [-0.05, 0) is 31.4 Å². The molecule has 1 aliphatic heterocycles. The summed E-state index contributed by atoms with van der Waals surface area (Å²) in [6.07, 6.45) is 3.95. The van der Waals surface area contributed by atoms with Gasteiger partial charge in [-0.1, -0.05) is 6.92 Å². The maximum atomic E-state index is 11.8. The second kappa shape index (κ2) is 6.98. The zero-order valence-corrected chi connectivity index (χ0v) is 11.7. The van der Waals surface area contributed by atoms with E-state index < -0.39 is 0 Å². The minimum Gasteiger partial charge on any atom is -0.459 e. The first kappa shape index (κ1) is 14.4. The van der Waals surface area contributed by atoms with E-state index in [2.05, 4.69) is 10.6 Å². The first-order chi connectivity index (χ1) is 9.70. The molecule has 1 fully saturated rings. The highest BCUT2D eigenvalue weighted by molar-refractivity contribution is 5.91. The highest BCUT2D eigenvalue weighted by atomic mass is 16.3. The third kappa shape index (κ3) is 3.76. The number of furan rings is 1. The molecular weight excluding hydrogens is 258 g/mol. The highest BCUT2D eigenvalue weighted by Gasteiger charge is 2.24. The number of nitrogens with one attached hydrogen (secondary N) is 2. The summed E-state index contributed by atoms with van der Waals surface area (Å²) in [6, 6.07) is 3.42. The van der Waals surface area contributed by atoms with Gasteiger partial charge in [-0.3, -0.25) is 4.79 Å². The fraction of sp³-hybridized carbons (Fsp3) is 0.571. The van der Waals surface area contributed by atoms with E-state index in [-0.39, 0.29) is 18.0 Å². The minimum absolute atomic E-state index is 0.0114. The van der Waals surface area contributed by atoms with E-state index >= 15 is 0 Å². The first-order valence-electron chi connectivity index (χ1n) is 7.08. The number of urea groups is 1. The molecule has 0 bridgehead atoms. The van der Waals surface area contributed by atoms with Gasteiger partial charge in [-0.25, -0.2) is 4.79 Å². The Morgan fingerprint density at radius 3 is 2.75 bits per heavy atom. The standard InChI is InChI=1S/C14H21N3O3/c1-2-7-15-14(19)17-8-5-11(6-9-17)16-13(18)12-4-3-10-20-12/h3-4,10-11H,2,5-9H2,1H3,(H,15,19)(H,16,18). The van der Waals surface area contributed by atoms with E-state index in [1.165, 1.54) is 6.26 Å². The molecule has 2 heterocycles. The van der Waals surface area contributed by atoms with Crippen molar-refractivity contribution in [3.63, 3.8) is 0 Å². The lowest BCUT2D eigenvalue weighted by Crippen LogP contribution is -2.49. The summed E-state index contributed by atoms with van der Waals surface area (Å²) in [6.45, 7) is 4.06. The quantitative estimate of drug-likeness (QED) is 0.879. The van der Waals surface area contributed by atoms with Gasteiger partial charge in [-0.2, -0.15) is 0 Å². The van der Waals surface area contributed by atoms with Gasteiger partial charge in [0, 0.05) is 25.7 Å². The Balaban J connectivity index is 1.74. The summed E-state index contributed by atoms with van der Waals surface area (Å²) in [5.41, 5.74) is 0. The number of hydrogen-bond acceptors (Lipinski definition) is 3. The Labute approximate surface area is 118 Å². The lowest BCUT2D eigenvalue weighted by molar-refractivity contribution is 0.0890. The van der Waals surface area contributed by atoms with Crippen LogP contribution in [0.2, 0.25) is 0 Å². The Kier molecular flexibility index (Phi) is 5.03. The van der Waals surface area contributed by atoms with Crippen molar-refractivity contribution in [2.45, 2.75) is 32.2 Å². The zero-order chi connectivity index (χ0) is 14.4. The second-order valence-electron chi connectivity index (χ2n) is 4.94. The number of carbonyl (C=O) groups is 2. The van der Waals surface area contributed by atoms with Gasteiger partial charge < -0.3 is 20.0 Å². The molecule has 2 rings (SSSR count). The van der Waals surface area contributed by atoms with Crippen molar-refractivity contribution >= 4 is 11.9 Å². The first-order valence-corrected chi connectivity index (χ1v) is 7.08. The van der Waals surface area contributed by atoms with E-state index in [1.54, 1.807) is 17.0 Å². The van der Waals surface area contributed by atoms with Crippen molar-refractivity contribution < 1.29 is 14.0 Å². The number of amides is 3. The van der Waals surface area contributed by atoms with E-state index in [9.17, 15) is 9.59 Å². The summed E-state index contributed by atoms with van der Waals surface area (Å²) in [5, 5.41) is 5.80. The monoisotopic (exact) mass is 279 g/mol. The average molecular weight is 279 g/mol. The molecule has 6 nitrogen and oxygen atoms in total. The molecule has 6 heteroatoms. The van der Waals surface area contributed by atoms with Crippen LogP contribution in [-0.4, -0.2) is 42.5 Å².